The molecule has 0 saturated carbocycles. The lowest BCUT2D eigenvalue weighted by Gasteiger charge is -1.97. The third kappa shape index (κ3) is 16.6. The molecule has 104 valence electrons. The number of aliphatic hydroxyl groups excluding tert-OH is 1. The van der Waals surface area contributed by atoms with Gasteiger partial charge in [0, 0.05) is 19.1 Å². The smallest absolute Gasteiger partial charge is 0.0431 e. The number of unbranched alkanes of at least 4 members (excludes halogenated alkanes) is 7. The summed E-state index contributed by atoms with van der Waals surface area (Å²) in [5.41, 5.74) is 3.06. The van der Waals surface area contributed by atoms with Gasteiger partial charge in [0.1, 0.15) is 0 Å². The predicted octanol–water partition coefficient (Wildman–Crippen LogP) is 4.23. The standard InChI is InChI=1S/C18H26O/c1-2-3-4-5-6-7-8-9-10-11-12-13-14-15-16-17-18-19/h8,10,19H,2-3,11-18H2,1H3. The van der Waals surface area contributed by atoms with Crippen LogP contribution in [0.2, 0.25) is 0 Å². The van der Waals surface area contributed by atoms with Crippen molar-refractivity contribution in [1.29, 1.82) is 0 Å². The van der Waals surface area contributed by atoms with E-state index in [0.717, 1.165) is 32.1 Å². The van der Waals surface area contributed by atoms with Crippen molar-refractivity contribution in [2.24, 2.45) is 0 Å². The van der Waals surface area contributed by atoms with E-state index >= 15 is 0 Å². The maximum Gasteiger partial charge on any atom is 0.0431 e. The molecule has 0 aliphatic heterocycles. The molecule has 1 heteroatoms. The van der Waals surface area contributed by atoms with E-state index in [0.29, 0.717) is 6.61 Å². The van der Waals surface area contributed by atoms with E-state index in [4.69, 9.17) is 5.11 Å². The van der Waals surface area contributed by atoms with Crippen molar-refractivity contribution in [3.8, 4) is 23.7 Å². The van der Waals surface area contributed by atoms with Gasteiger partial charge in [-0.25, -0.2) is 0 Å². The van der Waals surface area contributed by atoms with Crippen molar-refractivity contribution in [1.82, 2.24) is 0 Å². The number of hydrogen-bond donors (Lipinski definition) is 1. The lowest BCUT2D eigenvalue weighted by Crippen LogP contribution is -1.83. The minimum atomic E-state index is 0.331. The predicted molar refractivity (Wildman–Crippen MR) is 82.5 cm³/mol. The van der Waals surface area contributed by atoms with Crippen LogP contribution in [0.15, 0.2) is 17.9 Å². The molecule has 0 spiro atoms. The van der Waals surface area contributed by atoms with Gasteiger partial charge in [-0.05, 0) is 43.6 Å². The molecule has 0 unspecified atom stereocenters. The lowest BCUT2D eigenvalue weighted by molar-refractivity contribution is 0.282. The summed E-state index contributed by atoms with van der Waals surface area (Å²) in [6, 6.07) is 0. The van der Waals surface area contributed by atoms with Gasteiger partial charge < -0.3 is 5.11 Å². The molecule has 0 radical (unpaired) electrons. The van der Waals surface area contributed by atoms with E-state index in [-0.39, 0.29) is 0 Å². The highest BCUT2D eigenvalue weighted by Crippen LogP contribution is 2.06. The highest BCUT2D eigenvalue weighted by Gasteiger charge is 1.89. The summed E-state index contributed by atoms with van der Waals surface area (Å²) in [5, 5.41) is 8.63. The van der Waals surface area contributed by atoms with Gasteiger partial charge in [0.15, 0.2) is 0 Å². The van der Waals surface area contributed by atoms with Crippen LogP contribution in [0, 0.1) is 23.7 Å². The first-order chi connectivity index (χ1) is 9.41. The minimum Gasteiger partial charge on any atom is -0.396 e. The summed E-state index contributed by atoms with van der Waals surface area (Å²) in [6.07, 6.45) is 13.9. The molecule has 1 N–H and O–H groups in total. The van der Waals surface area contributed by atoms with Crippen LogP contribution in [0.1, 0.15) is 64.7 Å². The summed E-state index contributed by atoms with van der Waals surface area (Å²) >= 11 is 0. The second-order valence-corrected chi connectivity index (χ2v) is 4.47. The SMILES string of the molecule is CCCC#CC#CC=C=CCCCCCCCCO. The van der Waals surface area contributed by atoms with Crippen molar-refractivity contribution in [3.05, 3.63) is 17.9 Å². The Morgan fingerprint density at radius 1 is 0.947 bits per heavy atom. The summed E-state index contributed by atoms with van der Waals surface area (Å²) < 4.78 is 0. The average Bonchev–Trinajstić information content (AvgIpc) is 2.43. The maximum absolute atomic E-state index is 8.63. The third-order valence-corrected chi connectivity index (χ3v) is 2.63. The summed E-state index contributed by atoms with van der Waals surface area (Å²) in [6.45, 7) is 2.44. The van der Waals surface area contributed by atoms with Crippen LogP contribution in [-0.2, 0) is 0 Å². The van der Waals surface area contributed by atoms with Crippen molar-refractivity contribution < 1.29 is 5.11 Å². The first-order valence-electron chi connectivity index (χ1n) is 7.40. The van der Waals surface area contributed by atoms with Crippen LogP contribution < -0.4 is 0 Å². The van der Waals surface area contributed by atoms with E-state index in [1.165, 1.54) is 25.7 Å². The third-order valence-electron chi connectivity index (χ3n) is 2.63. The summed E-state index contributed by atoms with van der Waals surface area (Å²) in [7, 11) is 0. The Morgan fingerprint density at radius 2 is 1.68 bits per heavy atom. The first-order valence-corrected chi connectivity index (χ1v) is 7.40. The molecule has 0 amide bonds. The topological polar surface area (TPSA) is 20.2 Å². The number of aliphatic hydroxyl groups is 1. The van der Waals surface area contributed by atoms with Crippen molar-refractivity contribution in [2.45, 2.75) is 64.7 Å². The van der Waals surface area contributed by atoms with Gasteiger partial charge in [-0.1, -0.05) is 44.4 Å². The highest BCUT2D eigenvalue weighted by atomic mass is 16.2. The summed E-state index contributed by atoms with van der Waals surface area (Å²) in [4.78, 5) is 0. The van der Waals surface area contributed by atoms with Crippen LogP contribution in [0.5, 0.6) is 0 Å². The van der Waals surface area contributed by atoms with Gasteiger partial charge in [0.2, 0.25) is 0 Å². The molecule has 0 aromatic heterocycles. The summed E-state index contributed by atoms with van der Waals surface area (Å²) in [5.74, 6) is 11.4. The van der Waals surface area contributed by atoms with Gasteiger partial charge >= 0.3 is 0 Å². The van der Waals surface area contributed by atoms with E-state index in [1.807, 2.05) is 6.08 Å². The van der Waals surface area contributed by atoms with E-state index in [9.17, 15) is 0 Å². The fraction of sp³-hybridized carbons (Fsp3) is 0.611. The molecule has 0 aliphatic rings. The number of hydrogen-bond acceptors (Lipinski definition) is 1. The maximum atomic E-state index is 8.63. The molecule has 0 aromatic rings. The molecule has 0 aromatic carbocycles. The van der Waals surface area contributed by atoms with Crippen LogP contribution in [0.25, 0.3) is 0 Å². The van der Waals surface area contributed by atoms with Gasteiger partial charge in [-0.2, -0.15) is 0 Å². The van der Waals surface area contributed by atoms with E-state index in [2.05, 4.69) is 36.3 Å². The highest BCUT2D eigenvalue weighted by molar-refractivity contribution is 5.30. The fourth-order valence-corrected chi connectivity index (χ4v) is 1.55. The zero-order chi connectivity index (χ0) is 14.0. The molecule has 0 atom stereocenters. The number of rotatable bonds is 9. The average molecular weight is 258 g/mol. The molecule has 0 bridgehead atoms. The largest absolute Gasteiger partial charge is 0.396 e. The second-order valence-electron chi connectivity index (χ2n) is 4.47. The molecular weight excluding hydrogens is 232 g/mol. The Kier molecular flexibility index (Phi) is 15.4. The first kappa shape index (κ1) is 17.6. The van der Waals surface area contributed by atoms with Crippen LogP contribution in [0.3, 0.4) is 0 Å². The van der Waals surface area contributed by atoms with Crippen LogP contribution in [-0.4, -0.2) is 11.7 Å². The van der Waals surface area contributed by atoms with Gasteiger partial charge in [-0.15, -0.1) is 5.73 Å². The molecule has 19 heavy (non-hydrogen) atoms. The van der Waals surface area contributed by atoms with Crippen LogP contribution in [0.4, 0.5) is 0 Å². The monoisotopic (exact) mass is 258 g/mol. The van der Waals surface area contributed by atoms with Crippen molar-refractivity contribution >= 4 is 0 Å². The molecular formula is C18H26O. The van der Waals surface area contributed by atoms with Gasteiger partial charge in [-0.3, -0.25) is 0 Å². The normalized spacial score (nSPS) is 8.53. The second kappa shape index (κ2) is 16.6. The quantitative estimate of drug-likeness (QED) is 0.373. The Balaban J connectivity index is 3.45. The van der Waals surface area contributed by atoms with Gasteiger partial charge in [0.25, 0.3) is 0 Å². The molecule has 0 rings (SSSR count). The zero-order valence-corrected chi connectivity index (χ0v) is 12.2. The molecule has 1 nitrogen and oxygen atoms in total. The van der Waals surface area contributed by atoms with Crippen molar-refractivity contribution in [2.75, 3.05) is 6.61 Å². The lowest BCUT2D eigenvalue weighted by atomic mass is 10.1. The fourth-order valence-electron chi connectivity index (χ4n) is 1.55. The Morgan fingerprint density at radius 3 is 2.42 bits per heavy atom. The number of allylic oxidation sites excluding steroid dienone is 1. The molecule has 0 aliphatic carbocycles. The Hall–Kier alpha value is -1.40. The molecule has 0 fully saturated rings. The minimum absolute atomic E-state index is 0.331. The van der Waals surface area contributed by atoms with E-state index < -0.39 is 0 Å². The van der Waals surface area contributed by atoms with Crippen LogP contribution >= 0.6 is 0 Å². The Labute approximate surface area is 118 Å². The molecule has 0 saturated heterocycles. The van der Waals surface area contributed by atoms with Crippen molar-refractivity contribution in [3.63, 3.8) is 0 Å². The molecule has 0 heterocycles. The zero-order valence-electron chi connectivity index (χ0n) is 12.2. The Bertz CT molecular complexity index is 364. The van der Waals surface area contributed by atoms with Gasteiger partial charge in [0.05, 0.1) is 0 Å². The van der Waals surface area contributed by atoms with E-state index in [1.54, 1.807) is 6.08 Å².